The lowest BCUT2D eigenvalue weighted by molar-refractivity contribution is 0.102. The Kier molecular flexibility index (Phi) is 4.05. The molecule has 0 radical (unpaired) electrons. The van der Waals surface area contributed by atoms with Crippen molar-refractivity contribution in [1.29, 1.82) is 0 Å². The molecule has 0 atom stereocenters. The third-order valence-electron chi connectivity index (χ3n) is 4.58. The van der Waals surface area contributed by atoms with Gasteiger partial charge in [-0.3, -0.25) is 4.79 Å². The summed E-state index contributed by atoms with van der Waals surface area (Å²) < 4.78 is 16.7. The first kappa shape index (κ1) is 17.1. The van der Waals surface area contributed by atoms with Crippen LogP contribution in [-0.4, -0.2) is 29.2 Å². The summed E-state index contributed by atoms with van der Waals surface area (Å²) in [6.45, 7) is 0.939. The normalized spacial score (nSPS) is 12.7. The van der Waals surface area contributed by atoms with Gasteiger partial charge >= 0.3 is 0 Å². The number of benzene rings is 3. The maximum Gasteiger partial charge on any atom is 0.255 e. The van der Waals surface area contributed by atoms with E-state index in [9.17, 15) is 9.90 Å². The second-order valence-electron chi connectivity index (χ2n) is 6.53. The molecule has 144 valence electrons. The summed E-state index contributed by atoms with van der Waals surface area (Å²) in [5.74, 6) is 1.14. The predicted molar refractivity (Wildman–Crippen MR) is 106 cm³/mol. The summed E-state index contributed by atoms with van der Waals surface area (Å²) in [5, 5.41) is 13.1. The van der Waals surface area contributed by atoms with Crippen molar-refractivity contribution in [2.75, 3.05) is 18.5 Å². The van der Waals surface area contributed by atoms with Gasteiger partial charge in [-0.25, -0.2) is 4.98 Å². The standard InChI is InChI=1S/C22H16N2O5/c25-17-7-6-14(12-15(17)22-24-16-3-1-2-4-18(16)29-22)23-21(26)13-5-8-19-20(11-13)28-10-9-27-19/h1-8,11-12,25H,9-10H2,(H,23,26). The van der Waals surface area contributed by atoms with Gasteiger partial charge in [0, 0.05) is 11.3 Å². The Labute approximate surface area is 165 Å². The van der Waals surface area contributed by atoms with Crippen LogP contribution in [0.15, 0.2) is 65.1 Å². The summed E-state index contributed by atoms with van der Waals surface area (Å²) in [5.41, 5.74) is 2.63. The van der Waals surface area contributed by atoms with Crippen molar-refractivity contribution in [1.82, 2.24) is 4.98 Å². The summed E-state index contributed by atoms with van der Waals surface area (Å²) in [4.78, 5) is 17.1. The number of hydrogen-bond acceptors (Lipinski definition) is 6. The minimum atomic E-state index is -0.309. The van der Waals surface area contributed by atoms with Crippen LogP contribution in [0, 0.1) is 0 Å². The highest BCUT2D eigenvalue weighted by Gasteiger charge is 2.17. The molecule has 7 heteroatoms. The lowest BCUT2D eigenvalue weighted by Gasteiger charge is -2.18. The molecule has 0 bridgehead atoms. The number of hydrogen-bond donors (Lipinski definition) is 2. The predicted octanol–water partition coefficient (Wildman–Crippen LogP) is 4.22. The van der Waals surface area contributed by atoms with Crippen LogP contribution in [-0.2, 0) is 0 Å². The fourth-order valence-electron chi connectivity index (χ4n) is 3.16. The molecule has 5 rings (SSSR count). The van der Waals surface area contributed by atoms with Crippen LogP contribution in [0.5, 0.6) is 17.2 Å². The van der Waals surface area contributed by atoms with E-state index in [0.29, 0.717) is 52.6 Å². The number of rotatable bonds is 3. The molecule has 1 aliphatic rings. The number of nitrogens with one attached hydrogen (secondary N) is 1. The number of anilines is 1. The average Bonchev–Trinajstić information content (AvgIpc) is 3.18. The van der Waals surface area contributed by atoms with Crippen molar-refractivity contribution in [2.45, 2.75) is 0 Å². The second-order valence-corrected chi connectivity index (χ2v) is 6.53. The highest BCUT2D eigenvalue weighted by molar-refractivity contribution is 6.05. The summed E-state index contributed by atoms with van der Waals surface area (Å²) in [7, 11) is 0. The summed E-state index contributed by atoms with van der Waals surface area (Å²) in [6.07, 6.45) is 0. The monoisotopic (exact) mass is 388 g/mol. The summed E-state index contributed by atoms with van der Waals surface area (Å²) in [6, 6.07) is 17.1. The number of fused-ring (bicyclic) bond motifs is 2. The van der Waals surface area contributed by atoms with Gasteiger partial charge in [0.2, 0.25) is 5.89 Å². The van der Waals surface area contributed by atoms with E-state index in [4.69, 9.17) is 13.9 Å². The number of aromatic nitrogens is 1. The minimum Gasteiger partial charge on any atom is -0.507 e. The van der Waals surface area contributed by atoms with Gasteiger partial charge in [-0.05, 0) is 48.5 Å². The highest BCUT2D eigenvalue weighted by atomic mass is 16.6. The second kappa shape index (κ2) is 6.87. The Balaban J connectivity index is 1.43. The van der Waals surface area contributed by atoms with Crippen LogP contribution >= 0.6 is 0 Å². The first-order valence-electron chi connectivity index (χ1n) is 9.07. The molecule has 0 saturated carbocycles. The van der Waals surface area contributed by atoms with Gasteiger partial charge in [-0.1, -0.05) is 12.1 Å². The molecule has 29 heavy (non-hydrogen) atoms. The number of carbonyl (C=O) groups excluding carboxylic acids is 1. The van der Waals surface area contributed by atoms with E-state index >= 15 is 0 Å². The number of oxazole rings is 1. The molecular formula is C22H16N2O5. The van der Waals surface area contributed by atoms with Crippen LogP contribution in [0.3, 0.4) is 0 Å². The van der Waals surface area contributed by atoms with Crippen LogP contribution in [0.4, 0.5) is 5.69 Å². The third kappa shape index (κ3) is 3.23. The topological polar surface area (TPSA) is 93.8 Å². The molecular weight excluding hydrogens is 372 g/mol. The molecule has 4 aromatic rings. The number of ether oxygens (including phenoxy) is 2. The third-order valence-corrected chi connectivity index (χ3v) is 4.58. The largest absolute Gasteiger partial charge is 0.507 e. The van der Waals surface area contributed by atoms with Crippen molar-refractivity contribution in [3.8, 4) is 28.7 Å². The fraction of sp³-hybridized carbons (Fsp3) is 0.0909. The maximum atomic E-state index is 12.7. The molecule has 0 fully saturated rings. The first-order valence-corrected chi connectivity index (χ1v) is 9.07. The maximum absolute atomic E-state index is 12.7. The van der Waals surface area contributed by atoms with E-state index in [1.807, 2.05) is 18.2 Å². The van der Waals surface area contributed by atoms with Crippen LogP contribution in [0.1, 0.15) is 10.4 Å². The quantitative estimate of drug-likeness (QED) is 0.510. The highest BCUT2D eigenvalue weighted by Crippen LogP contribution is 2.34. The van der Waals surface area contributed by atoms with Gasteiger partial charge in [0.25, 0.3) is 5.91 Å². The zero-order chi connectivity index (χ0) is 19.8. The summed E-state index contributed by atoms with van der Waals surface area (Å²) >= 11 is 0. The Morgan fingerprint density at radius 1 is 0.966 bits per heavy atom. The minimum absolute atomic E-state index is 0.00823. The molecule has 0 saturated heterocycles. The Morgan fingerprint density at radius 3 is 2.66 bits per heavy atom. The molecule has 3 aromatic carbocycles. The molecule has 1 aliphatic heterocycles. The van der Waals surface area contributed by atoms with Crippen LogP contribution < -0.4 is 14.8 Å². The lowest BCUT2D eigenvalue weighted by Crippen LogP contribution is -2.17. The zero-order valence-corrected chi connectivity index (χ0v) is 15.2. The molecule has 2 heterocycles. The Morgan fingerprint density at radius 2 is 1.79 bits per heavy atom. The van der Waals surface area contributed by atoms with Gasteiger partial charge in [-0.2, -0.15) is 0 Å². The number of phenols is 1. The SMILES string of the molecule is O=C(Nc1ccc(O)c(-c2nc3ccccc3o2)c1)c1ccc2c(c1)OCCO2. The van der Waals surface area contributed by atoms with E-state index in [1.165, 1.54) is 6.07 Å². The van der Waals surface area contributed by atoms with Gasteiger partial charge in [0.15, 0.2) is 17.1 Å². The first-order chi connectivity index (χ1) is 14.2. The fourth-order valence-corrected chi connectivity index (χ4v) is 3.16. The number of amides is 1. The smallest absolute Gasteiger partial charge is 0.255 e. The van der Waals surface area contributed by atoms with Crippen molar-refractivity contribution in [2.24, 2.45) is 0 Å². The lowest BCUT2D eigenvalue weighted by atomic mass is 10.1. The number of aromatic hydroxyl groups is 1. The molecule has 2 N–H and O–H groups in total. The molecule has 0 spiro atoms. The average molecular weight is 388 g/mol. The number of phenolic OH excluding ortho intramolecular Hbond substituents is 1. The van der Waals surface area contributed by atoms with E-state index < -0.39 is 0 Å². The number of para-hydroxylation sites is 2. The Hall–Kier alpha value is -4.00. The van der Waals surface area contributed by atoms with Gasteiger partial charge in [0.05, 0.1) is 5.56 Å². The van der Waals surface area contributed by atoms with Crippen molar-refractivity contribution in [3.63, 3.8) is 0 Å². The van der Waals surface area contributed by atoms with Gasteiger partial charge < -0.3 is 24.3 Å². The van der Waals surface area contributed by atoms with Crippen LogP contribution in [0.25, 0.3) is 22.6 Å². The van der Waals surface area contributed by atoms with E-state index in [-0.39, 0.29) is 17.5 Å². The van der Waals surface area contributed by atoms with Crippen molar-refractivity contribution in [3.05, 3.63) is 66.2 Å². The van der Waals surface area contributed by atoms with E-state index in [0.717, 1.165) is 0 Å². The number of nitrogens with zero attached hydrogens (tertiary/aromatic N) is 1. The van der Waals surface area contributed by atoms with Crippen molar-refractivity contribution >= 4 is 22.7 Å². The molecule has 0 aliphatic carbocycles. The molecule has 7 nitrogen and oxygen atoms in total. The van der Waals surface area contributed by atoms with Crippen molar-refractivity contribution < 1.29 is 23.8 Å². The molecule has 1 aromatic heterocycles. The van der Waals surface area contributed by atoms with Gasteiger partial charge in [0.1, 0.15) is 24.5 Å². The van der Waals surface area contributed by atoms with Crippen LogP contribution in [0.2, 0.25) is 0 Å². The zero-order valence-electron chi connectivity index (χ0n) is 15.2. The van der Waals surface area contributed by atoms with E-state index in [2.05, 4.69) is 10.3 Å². The molecule has 1 amide bonds. The van der Waals surface area contributed by atoms with E-state index in [1.54, 1.807) is 36.4 Å². The molecule has 0 unspecified atom stereocenters. The van der Waals surface area contributed by atoms with Gasteiger partial charge in [-0.15, -0.1) is 0 Å². The number of carbonyl (C=O) groups is 1. The Bertz CT molecular complexity index is 1200.